The van der Waals surface area contributed by atoms with Gasteiger partial charge in [0.05, 0.1) is 6.04 Å². The fourth-order valence-electron chi connectivity index (χ4n) is 3.81. The van der Waals surface area contributed by atoms with Gasteiger partial charge in [0.1, 0.15) is 11.3 Å². The highest BCUT2D eigenvalue weighted by Crippen LogP contribution is 2.35. The average Bonchev–Trinajstić information content (AvgIpc) is 3.02. The number of furan rings is 1. The van der Waals surface area contributed by atoms with E-state index in [0.717, 1.165) is 24.4 Å². The molecular weight excluding hydrogens is 294 g/mol. The van der Waals surface area contributed by atoms with Crippen LogP contribution >= 0.6 is 0 Å². The summed E-state index contributed by atoms with van der Waals surface area (Å²) in [7, 11) is 0. The molecule has 0 spiro atoms. The molecule has 1 fully saturated rings. The van der Waals surface area contributed by atoms with Crippen LogP contribution in [-0.4, -0.2) is 11.4 Å². The van der Waals surface area contributed by atoms with Gasteiger partial charge in [-0.1, -0.05) is 42.8 Å². The van der Waals surface area contributed by atoms with Crippen LogP contribution < -0.4 is 0 Å². The maximum Gasteiger partial charge on any atom is 0.134 e. The summed E-state index contributed by atoms with van der Waals surface area (Å²) in [6, 6.07) is 17.8. The molecular formula is C22H25NO. The Morgan fingerprint density at radius 2 is 1.88 bits per heavy atom. The molecule has 1 unspecified atom stereocenters. The van der Waals surface area contributed by atoms with Gasteiger partial charge in [-0.3, -0.25) is 4.90 Å². The van der Waals surface area contributed by atoms with E-state index < -0.39 is 0 Å². The van der Waals surface area contributed by atoms with Crippen molar-refractivity contribution in [3.63, 3.8) is 0 Å². The van der Waals surface area contributed by atoms with Gasteiger partial charge in [0.2, 0.25) is 0 Å². The summed E-state index contributed by atoms with van der Waals surface area (Å²) in [6.07, 6.45) is 3.75. The molecule has 2 aromatic carbocycles. The lowest BCUT2D eigenvalue weighted by Crippen LogP contribution is -2.32. The van der Waals surface area contributed by atoms with E-state index in [1.54, 1.807) is 0 Å². The molecule has 0 radical (unpaired) electrons. The van der Waals surface area contributed by atoms with E-state index in [1.165, 1.54) is 41.3 Å². The van der Waals surface area contributed by atoms with E-state index in [9.17, 15) is 0 Å². The number of aryl methyl sites for hydroxylation is 2. The van der Waals surface area contributed by atoms with Crippen molar-refractivity contribution in [1.82, 2.24) is 4.90 Å². The molecule has 1 atom stereocenters. The number of rotatable bonds is 3. The average molecular weight is 319 g/mol. The summed E-state index contributed by atoms with van der Waals surface area (Å²) in [5.41, 5.74) is 5.15. The van der Waals surface area contributed by atoms with E-state index in [4.69, 9.17) is 4.42 Å². The SMILES string of the molecule is Cc1ccc(CN2CCCCC2c2cc3ccccc3o2)cc1C. The number of benzene rings is 2. The highest BCUT2D eigenvalue weighted by molar-refractivity contribution is 5.77. The zero-order chi connectivity index (χ0) is 16.5. The summed E-state index contributed by atoms with van der Waals surface area (Å²) in [4.78, 5) is 2.59. The summed E-state index contributed by atoms with van der Waals surface area (Å²) in [5, 5.41) is 1.21. The van der Waals surface area contributed by atoms with Gasteiger partial charge in [0.15, 0.2) is 0 Å². The van der Waals surface area contributed by atoms with Gasteiger partial charge in [-0.15, -0.1) is 0 Å². The van der Waals surface area contributed by atoms with Crippen molar-refractivity contribution in [2.75, 3.05) is 6.54 Å². The quantitative estimate of drug-likeness (QED) is 0.608. The molecule has 2 heterocycles. The normalized spacial score (nSPS) is 19.0. The van der Waals surface area contributed by atoms with Gasteiger partial charge in [0.25, 0.3) is 0 Å². The lowest BCUT2D eigenvalue weighted by Gasteiger charge is -2.34. The van der Waals surface area contributed by atoms with Crippen molar-refractivity contribution in [2.45, 2.75) is 45.7 Å². The van der Waals surface area contributed by atoms with Gasteiger partial charge in [-0.05, 0) is 62.1 Å². The molecule has 2 heteroatoms. The molecule has 0 bridgehead atoms. The molecule has 1 aliphatic rings. The third-order valence-corrected chi connectivity index (χ3v) is 5.34. The van der Waals surface area contributed by atoms with Crippen LogP contribution in [0.15, 0.2) is 52.9 Å². The fraction of sp³-hybridized carbons (Fsp3) is 0.364. The number of hydrogen-bond acceptors (Lipinski definition) is 2. The molecule has 1 saturated heterocycles. The van der Waals surface area contributed by atoms with Gasteiger partial charge in [0, 0.05) is 11.9 Å². The van der Waals surface area contributed by atoms with E-state index in [2.05, 4.69) is 61.2 Å². The third-order valence-electron chi connectivity index (χ3n) is 5.34. The zero-order valence-electron chi connectivity index (χ0n) is 14.6. The van der Waals surface area contributed by atoms with E-state index in [1.807, 2.05) is 6.07 Å². The molecule has 0 saturated carbocycles. The number of nitrogens with zero attached hydrogens (tertiary/aromatic N) is 1. The summed E-state index contributed by atoms with van der Waals surface area (Å²) in [5.74, 6) is 1.12. The second-order valence-corrected chi connectivity index (χ2v) is 7.09. The monoisotopic (exact) mass is 319 g/mol. The Morgan fingerprint density at radius 3 is 2.71 bits per heavy atom. The topological polar surface area (TPSA) is 16.4 Å². The molecule has 24 heavy (non-hydrogen) atoms. The molecule has 124 valence electrons. The lowest BCUT2D eigenvalue weighted by molar-refractivity contribution is 0.123. The first kappa shape index (κ1) is 15.5. The van der Waals surface area contributed by atoms with Crippen molar-refractivity contribution in [1.29, 1.82) is 0 Å². The largest absolute Gasteiger partial charge is 0.459 e. The Morgan fingerprint density at radius 1 is 1.00 bits per heavy atom. The number of likely N-dealkylation sites (tertiary alicyclic amines) is 1. The number of fused-ring (bicyclic) bond motifs is 1. The predicted molar refractivity (Wildman–Crippen MR) is 99.1 cm³/mol. The second kappa shape index (κ2) is 6.45. The highest BCUT2D eigenvalue weighted by atomic mass is 16.3. The number of para-hydroxylation sites is 1. The molecule has 0 N–H and O–H groups in total. The highest BCUT2D eigenvalue weighted by Gasteiger charge is 2.26. The van der Waals surface area contributed by atoms with Gasteiger partial charge >= 0.3 is 0 Å². The van der Waals surface area contributed by atoms with Crippen molar-refractivity contribution in [3.8, 4) is 0 Å². The molecule has 0 amide bonds. The minimum Gasteiger partial charge on any atom is -0.459 e. The van der Waals surface area contributed by atoms with Crippen molar-refractivity contribution < 1.29 is 4.42 Å². The first-order chi connectivity index (χ1) is 11.7. The van der Waals surface area contributed by atoms with Crippen molar-refractivity contribution >= 4 is 11.0 Å². The Labute approximate surface area is 144 Å². The van der Waals surface area contributed by atoms with Crippen LogP contribution in [0.2, 0.25) is 0 Å². The molecule has 1 aliphatic heterocycles. The van der Waals surface area contributed by atoms with Crippen LogP contribution in [0, 0.1) is 13.8 Å². The maximum absolute atomic E-state index is 6.18. The lowest BCUT2D eigenvalue weighted by atomic mass is 9.98. The molecule has 1 aromatic heterocycles. The Kier molecular flexibility index (Phi) is 4.15. The van der Waals surface area contributed by atoms with Gasteiger partial charge < -0.3 is 4.42 Å². The van der Waals surface area contributed by atoms with Crippen LogP contribution in [0.25, 0.3) is 11.0 Å². The first-order valence-corrected chi connectivity index (χ1v) is 8.99. The summed E-state index contributed by atoms with van der Waals surface area (Å²) in [6.45, 7) is 6.53. The molecule has 3 aromatic rings. The summed E-state index contributed by atoms with van der Waals surface area (Å²) >= 11 is 0. The Balaban J connectivity index is 1.61. The maximum atomic E-state index is 6.18. The van der Waals surface area contributed by atoms with Crippen LogP contribution in [0.1, 0.15) is 47.8 Å². The second-order valence-electron chi connectivity index (χ2n) is 7.09. The predicted octanol–water partition coefficient (Wildman–Crippen LogP) is 5.78. The standard InChI is InChI=1S/C22H25NO/c1-16-10-11-18(13-17(16)2)15-23-12-6-5-8-20(23)22-14-19-7-3-4-9-21(19)24-22/h3-4,7,9-11,13-14,20H,5-6,8,12,15H2,1-2H3. The number of hydrogen-bond donors (Lipinski definition) is 0. The van der Waals surface area contributed by atoms with Gasteiger partial charge in [-0.25, -0.2) is 0 Å². The first-order valence-electron chi connectivity index (χ1n) is 8.99. The van der Waals surface area contributed by atoms with Crippen LogP contribution in [0.5, 0.6) is 0 Å². The van der Waals surface area contributed by atoms with Crippen LogP contribution in [0.4, 0.5) is 0 Å². The fourth-order valence-corrected chi connectivity index (χ4v) is 3.81. The van der Waals surface area contributed by atoms with Crippen LogP contribution in [0.3, 0.4) is 0 Å². The summed E-state index contributed by atoms with van der Waals surface area (Å²) < 4.78 is 6.18. The van der Waals surface area contributed by atoms with E-state index in [0.29, 0.717) is 6.04 Å². The Bertz CT molecular complexity index is 815. The zero-order valence-corrected chi connectivity index (χ0v) is 14.6. The van der Waals surface area contributed by atoms with Crippen LogP contribution in [-0.2, 0) is 6.54 Å². The molecule has 4 rings (SSSR count). The molecule has 0 aliphatic carbocycles. The number of piperidine rings is 1. The third kappa shape index (κ3) is 2.99. The molecule has 2 nitrogen and oxygen atoms in total. The van der Waals surface area contributed by atoms with Gasteiger partial charge in [-0.2, -0.15) is 0 Å². The smallest absolute Gasteiger partial charge is 0.134 e. The van der Waals surface area contributed by atoms with Crippen molar-refractivity contribution in [3.05, 3.63) is 71.0 Å². The van der Waals surface area contributed by atoms with E-state index in [-0.39, 0.29) is 0 Å². The van der Waals surface area contributed by atoms with Crippen molar-refractivity contribution in [2.24, 2.45) is 0 Å². The Hall–Kier alpha value is -2.06. The minimum absolute atomic E-state index is 0.396. The minimum atomic E-state index is 0.396. The van der Waals surface area contributed by atoms with E-state index >= 15 is 0 Å².